The molecule has 0 N–H and O–H groups in total. The highest BCUT2D eigenvalue weighted by Gasteiger charge is 2.14. The van der Waals surface area contributed by atoms with Crippen LogP contribution in [0.15, 0.2) is 40.3 Å². The molecule has 0 aliphatic heterocycles. The molecule has 0 saturated carbocycles. The van der Waals surface area contributed by atoms with E-state index in [1.54, 1.807) is 4.52 Å². The van der Waals surface area contributed by atoms with E-state index in [-0.39, 0.29) is 5.56 Å². The van der Waals surface area contributed by atoms with E-state index in [1.807, 2.05) is 38.1 Å². The Morgan fingerprint density at radius 2 is 1.96 bits per heavy atom. The SMILES string of the molecule is CCc1nn2c(=O)cc(CSc3nc4ccccc4c4nc(C)nn34)nc2s1. The van der Waals surface area contributed by atoms with E-state index in [0.29, 0.717) is 22.2 Å². The summed E-state index contributed by atoms with van der Waals surface area (Å²) in [5, 5.41) is 11.3. The standard InChI is InChI=1S/C18H15N7OS2/c1-3-14-23-24-15(26)8-11(20-18(24)28-14)9-27-17-21-13-7-5-4-6-12(13)16-19-10(2)22-25(16)17/h4-8H,3,9H2,1-2H3. The first-order chi connectivity index (χ1) is 13.6. The molecule has 0 amide bonds. The highest BCUT2D eigenvalue weighted by atomic mass is 32.2. The minimum absolute atomic E-state index is 0.162. The smallest absolute Gasteiger partial charge is 0.267 e. The van der Waals surface area contributed by atoms with Crippen LogP contribution in [0.1, 0.15) is 23.4 Å². The number of para-hydroxylation sites is 1. The number of fused-ring (bicyclic) bond motifs is 4. The first kappa shape index (κ1) is 17.3. The van der Waals surface area contributed by atoms with E-state index in [4.69, 9.17) is 4.98 Å². The average Bonchev–Trinajstić information content (AvgIpc) is 3.29. The molecule has 5 aromatic rings. The van der Waals surface area contributed by atoms with Crippen molar-refractivity contribution in [2.24, 2.45) is 0 Å². The van der Waals surface area contributed by atoms with Crippen molar-refractivity contribution >= 4 is 44.6 Å². The van der Waals surface area contributed by atoms with Crippen LogP contribution in [-0.4, -0.2) is 34.2 Å². The number of rotatable bonds is 4. The number of hydrogen-bond acceptors (Lipinski definition) is 8. The van der Waals surface area contributed by atoms with Gasteiger partial charge in [-0.2, -0.15) is 14.1 Å². The van der Waals surface area contributed by atoms with Crippen LogP contribution in [0.5, 0.6) is 0 Å². The molecule has 4 aromatic heterocycles. The summed E-state index contributed by atoms with van der Waals surface area (Å²) < 4.78 is 3.13. The first-order valence-corrected chi connectivity index (χ1v) is 10.6. The minimum atomic E-state index is -0.162. The molecule has 0 atom stereocenters. The fraction of sp³-hybridized carbons (Fsp3) is 0.222. The van der Waals surface area contributed by atoms with Crippen LogP contribution in [-0.2, 0) is 12.2 Å². The summed E-state index contributed by atoms with van der Waals surface area (Å²) in [5.74, 6) is 1.19. The molecule has 4 heterocycles. The zero-order valence-corrected chi connectivity index (χ0v) is 16.8. The largest absolute Gasteiger partial charge is 0.275 e. The summed E-state index contributed by atoms with van der Waals surface area (Å²) in [5.41, 5.74) is 2.18. The molecule has 0 aliphatic rings. The van der Waals surface area contributed by atoms with Crippen LogP contribution in [0.2, 0.25) is 0 Å². The fourth-order valence-electron chi connectivity index (χ4n) is 2.98. The van der Waals surface area contributed by atoms with Gasteiger partial charge in [0.25, 0.3) is 5.56 Å². The van der Waals surface area contributed by atoms with Crippen molar-refractivity contribution in [1.82, 2.24) is 34.2 Å². The summed E-state index contributed by atoms with van der Waals surface area (Å²) >= 11 is 2.93. The van der Waals surface area contributed by atoms with Gasteiger partial charge in [0.1, 0.15) is 10.8 Å². The predicted octanol–water partition coefficient (Wildman–Crippen LogP) is 2.91. The molecule has 0 saturated heterocycles. The van der Waals surface area contributed by atoms with Crippen LogP contribution in [0.25, 0.3) is 21.5 Å². The lowest BCUT2D eigenvalue weighted by molar-refractivity contribution is 0.796. The molecule has 10 heteroatoms. The summed E-state index contributed by atoms with van der Waals surface area (Å²) in [4.78, 5) is 26.8. The number of thioether (sulfide) groups is 1. The van der Waals surface area contributed by atoms with E-state index in [2.05, 4.69) is 20.2 Å². The highest BCUT2D eigenvalue weighted by Crippen LogP contribution is 2.26. The number of nitrogens with zero attached hydrogens (tertiary/aromatic N) is 7. The topological polar surface area (TPSA) is 90.3 Å². The summed E-state index contributed by atoms with van der Waals surface area (Å²) in [6.45, 7) is 3.87. The molecular formula is C18H15N7OS2. The summed E-state index contributed by atoms with van der Waals surface area (Å²) in [7, 11) is 0. The van der Waals surface area contributed by atoms with Gasteiger partial charge < -0.3 is 0 Å². The van der Waals surface area contributed by atoms with Gasteiger partial charge in [-0.25, -0.2) is 15.0 Å². The van der Waals surface area contributed by atoms with Crippen LogP contribution in [0.4, 0.5) is 0 Å². The molecule has 1 aromatic carbocycles. The Morgan fingerprint density at radius 3 is 2.82 bits per heavy atom. The van der Waals surface area contributed by atoms with Gasteiger partial charge >= 0.3 is 0 Å². The van der Waals surface area contributed by atoms with Gasteiger partial charge in [-0.3, -0.25) is 4.79 Å². The van der Waals surface area contributed by atoms with Gasteiger partial charge in [0.15, 0.2) is 10.8 Å². The van der Waals surface area contributed by atoms with Gasteiger partial charge in [-0.1, -0.05) is 42.2 Å². The van der Waals surface area contributed by atoms with E-state index in [1.165, 1.54) is 33.7 Å². The third kappa shape index (κ3) is 2.85. The zero-order chi connectivity index (χ0) is 19.3. The van der Waals surface area contributed by atoms with Gasteiger partial charge in [-0.05, 0) is 25.5 Å². The van der Waals surface area contributed by atoms with E-state index >= 15 is 0 Å². The van der Waals surface area contributed by atoms with E-state index in [9.17, 15) is 4.79 Å². The molecule has 5 rings (SSSR count). The lowest BCUT2D eigenvalue weighted by Gasteiger charge is -2.06. The molecule has 0 spiro atoms. The molecule has 8 nitrogen and oxygen atoms in total. The second-order valence-electron chi connectivity index (χ2n) is 6.22. The summed E-state index contributed by atoms with van der Waals surface area (Å²) in [6, 6.07) is 9.40. The minimum Gasteiger partial charge on any atom is -0.267 e. The average molecular weight is 410 g/mol. The second kappa shape index (κ2) is 6.64. The van der Waals surface area contributed by atoms with Crippen LogP contribution < -0.4 is 5.56 Å². The lowest BCUT2D eigenvalue weighted by Crippen LogP contribution is -2.15. The number of aromatic nitrogens is 7. The van der Waals surface area contributed by atoms with E-state index in [0.717, 1.165) is 33.1 Å². The quantitative estimate of drug-likeness (QED) is 0.333. The maximum Gasteiger partial charge on any atom is 0.275 e. The number of hydrogen-bond donors (Lipinski definition) is 0. The second-order valence-corrected chi connectivity index (χ2v) is 8.21. The molecule has 140 valence electrons. The maximum absolute atomic E-state index is 12.3. The Morgan fingerprint density at radius 1 is 1.11 bits per heavy atom. The lowest BCUT2D eigenvalue weighted by atomic mass is 10.2. The molecule has 0 aliphatic carbocycles. The van der Waals surface area contributed by atoms with Crippen LogP contribution in [0.3, 0.4) is 0 Å². The van der Waals surface area contributed by atoms with Crippen molar-refractivity contribution in [2.45, 2.75) is 31.2 Å². The highest BCUT2D eigenvalue weighted by molar-refractivity contribution is 7.98. The Labute approximate surface area is 167 Å². The van der Waals surface area contributed by atoms with Gasteiger partial charge in [0, 0.05) is 17.2 Å². The van der Waals surface area contributed by atoms with Crippen molar-refractivity contribution in [3.63, 3.8) is 0 Å². The molecule has 0 unspecified atom stereocenters. The molecule has 28 heavy (non-hydrogen) atoms. The van der Waals surface area contributed by atoms with Gasteiger partial charge in [0.05, 0.1) is 11.2 Å². The normalized spacial score (nSPS) is 11.8. The van der Waals surface area contributed by atoms with Crippen molar-refractivity contribution in [2.75, 3.05) is 0 Å². The Bertz CT molecular complexity index is 1400. The predicted molar refractivity (Wildman–Crippen MR) is 109 cm³/mol. The molecular weight excluding hydrogens is 394 g/mol. The third-order valence-electron chi connectivity index (χ3n) is 4.25. The number of benzene rings is 1. The summed E-state index contributed by atoms with van der Waals surface area (Å²) in [6.07, 6.45) is 0.780. The van der Waals surface area contributed by atoms with Gasteiger partial charge in [-0.15, -0.1) is 5.10 Å². The molecule has 0 radical (unpaired) electrons. The Hall–Kier alpha value is -2.85. The molecule has 0 fully saturated rings. The van der Waals surface area contributed by atoms with Crippen molar-refractivity contribution in [1.29, 1.82) is 0 Å². The number of aryl methyl sites for hydroxylation is 2. The van der Waals surface area contributed by atoms with Crippen molar-refractivity contribution in [3.8, 4) is 0 Å². The van der Waals surface area contributed by atoms with Crippen LogP contribution >= 0.6 is 23.1 Å². The Kier molecular flexibility index (Phi) is 4.09. The Balaban J connectivity index is 1.55. The van der Waals surface area contributed by atoms with E-state index < -0.39 is 0 Å². The first-order valence-electron chi connectivity index (χ1n) is 8.76. The van der Waals surface area contributed by atoms with Crippen molar-refractivity contribution in [3.05, 3.63) is 57.2 Å². The molecule has 0 bridgehead atoms. The van der Waals surface area contributed by atoms with Gasteiger partial charge in [0.2, 0.25) is 4.96 Å². The third-order valence-corrected chi connectivity index (χ3v) is 6.26. The maximum atomic E-state index is 12.3. The monoisotopic (exact) mass is 409 g/mol. The zero-order valence-electron chi connectivity index (χ0n) is 15.2. The fourth-order valence-corrected chi connectivity index (χ4v) is 4.67. The van der Waals surface area contributed by atoms with Crippen molar-refractivity contribution < 1.29 is 0 Å². The van der Waals surface area contributed by atoms with Crippen LogP contribution in [0, 0.1) is 6.92 Å².